The molecular weight excluding hydrogens is 374 g/mol. The minimum Gasteiger partial charge on any atom is -0.449 e. The van der Waals surface area contributed by atoms with Crippen molar-refractivity contribution in [3.05, 3.63) is 58.6 Å². The zero-order chi connectivity index (χ0) is 19.9. The van der Waals surface area contributed by atoms with Crippen molar-refractivity contribution in [2.75, 3.05) is 16.6 Å². The molecule has 9 nitrogen and oxygen atoms in total. The number of benzene rings is 2. The molecular formula is C17H19N3O6S. The van der Waals surface area contributed by atoms with Gasteiger partial charge in [0.05, 0.1) is 22.1 Å². The molecule has 2 N–H and O–H groups in total. The first-order valence-electron chi connectivity index (χ1n) is 8.13. The Kier molecular flexibility index (Phi) is 6.72. The minimum atomic E-state index is -3.94. The number of hydrogen-bond donors (Lipinski definition) is 2. The summed E-state index contributed by atoms with van der Waals surface area (Å²) in [6.07, 6.45) is 1.04. The van der Waals surface area contributed by atoms with E-state index in [-0.39, 0.29) is 16.3 Å². The van der Waals surface area contributed by atoms with E-state index < -0.39 is 21.0 Å². The second kappa shape index (κ2) is 8.99. The molecule has 0 radical (unpaired) electrons. The third-order valence-corrected chi connectivity index (χ3v) is 4.85. The van der Waals surface area contributed by atoms with Crippen molar-refractivity contribution in [1.29, 1.82) is 0 Å². The van der Waals surface area contributed by atoms with Crippen LogP contribution in [0.15, 0.2) is 53.4 Å². The van der Waals surface area contributed by atoms with Gasteiger partial charge in [0.15, 0.2) is 0 Å². The minimum absolute atomic E-state index is 0.0566. The van der Waals surface area contributed by atoms with E-state index in [1.165, 1.54) is 42.5 Å². The van der Waals surface area contributed by atoms with Gasteiger partial charge in [-0.1, -0.05) is 19.4 Å². The predicted octanol–water partition coefficient (Wildman–Crippen LogP) is 3.74. The van der Waals surface area contributed by atoms with E-state index in [4.69, 9.17) is 4.74 Å². The summed E-state index contributed by atoms with van der Waals surface area (Å²) >= 11 is 0. The number of hydrogen-bond acceptors (Lipinski definition) is 6. The van der Waals surface area contributed by atoms with Crippen molar-refractivity contribution in [2.45, 2.75) is 24.7 Å². The topological polar surface area (TPSA) is 128 Å². The molecule has 0 heterocycles. The number of nitrogens with one attached hydrogen (secondary N) is 2. The van der Waals surface area contributed by atoms with Crippen molar-refractivity contribution in [3.8, 4) is 0 Å². The first kappa shape index (κ1) is 20.2. The number of nitro groups is 1. The van der Waals surface area contributed by atoms with Crippen LogP contribution in [0.25, 0.3) is 0 Å². The quantitative estimate of drug-likeness (QED) is 0.399. The summed E-state index contributed by atoms with van der Waals surface area (Å²) in [5, 5.41) is 13.3. The molecule has 0 aliphatic rings. The predicted molar refractivity (Wildman–Crippen MR) is 100 cm³/mol. The fraction of sp³-hybridized carbons (Fsp3) is 0.235. The average Bonchev–Trinajstić information content (AvgIpc) is 2.62. The molecule has 27 heavy (non-hydrogen) atoms. The zero-order valence-corrected chi connectivity index (χ0v) is 15.4. The van der Waals surface area contributed by atoms with Crippen LogP contribution in [0.5, 0.6) is 0 Å². The van der Waals surface area contributed by atoms with Crippen LogP contribution in [0.4, 0.5) is 21.9 Å². The summed E-state index contributed by atoms with van der Waals surface area (Å²) in [7, 11) is -3.94. The molecule has 1 amide bonds. The maximum absolute atomic E-state index is 12.4. The highest BCUT2D eigenvalue weighted by Gasteiger charge is 2.16. The number of ether oxygens (including phenoxy) is 1. The highest BCUT2D eigenvalue weighted by atomic mass is 32.2. The molecule has 0 atom stereocenters. The lowest BCUT2D eigenvalue weighted by atomic mass is 10.3. The van der Waals surface area contributed by atoms with Crippen LogP contribution in [0.1, 0.15) is 19.8 Å². The molecule has 0 aromatic heterocycles. The van der Waals surface area contributed by atoms with Crippen LogP contribution in [-0.4, -0.2) is 26.0 Å². The molecule has 0 saturated carbocycles. The highest BCUT2D eigenvalue weighted by Crippen LogP contribution is 2.21. The fourth-order valence-corrected chi connectivity index (χ4v) is 3.13. The Bertz CT molecular complexity index is 913. The molecule has 0 bridgehead atoms. The van der Waals surface area contributed by atoms with E-state index in [0.29, 0.717) is 12.3 Å². The van der Waals surface area contributed by atoms with Gasteiger partial charge in [0.1, 0.15) is 0 Å². The van der Waals surface area contributed by atoms with Gasteiger partial charge >= 0.3 is 6.09 Å². The lowest BCUT2D eigenvalue weighted by Gasteiger charge is -2.10. The van der Waals surface area contributed by atoms with E-state index >= 15 is 0 Å². The van der Waals surface area contributed by atoms with Crippen molar-refractivity contribution >= 4 is 33.2 Å². The normalized spacial score (nSPS) is 10.9. The lowest BCUT2D eigenvalue weighted by Crippen LogP contribution is -2.15. The molecule has 10 heteroatoms. The first-order chi connectivity index (χ1) is 12.8. The van der Waals surface area contributed by atoms with Crippen molar-refractivity contribution in [1.82, 2.24) is 0 Å². The number of unbranched alkanes of at least 4 members (excludes halogenated alkanes) is 1. The zero-order valence-electron chi connectivity index (χ0n) is 14.5. The maximum Gasteiger partial charge on any atom is 0.411 e. The number of anilines is 2. The Hall–Kier alpha value is -3.14. The summed E-state index contributed by atoms with van der Waals surface area (Å²) in [4.78, 5) is 21.7. The highest BCUT2D eigenvalue weighted by molar-refractivity contribution is 7.92. The van der Waals surface area contributed by atoms with Gasteiger partial charge in [-0.2, -0.15) is 0 Å². The molecule has 0 aliphatic heterocycles. The molecule has 0 unspecified atom stereocenters. The number of nitrogens with zero attached hydrogens (tertiary/aromatic N) is 1. The van der Waals surface area contributed by atoms with Gasteiger partial charge in [-0.05, 0) is 36.8 Å². The van der Waals surface area contributed by atoms with Crippen molar-refractivity contribution < 1.29 is 22.9 Å². The van der Waals surface area contributed by atoms with Crippen LogP contribution < -0.4 is 10.0 Å². The Morgan fingerprint density at radius 2 is 1.85 bits per heavy atom. The fourth-order valence-electron chi connectivity index (χ4n) is 2.08. The maximum atomic E-state index is 12.4. The Balaban J connectivity index is 2.05. The molecule has 0 aliphatic carbocycles. The van der Waals surface area contributed by atoms with Gasteiger partial charge in [0, 0.05) is 17.8 Å². The largest absolute Gasteiger partial charge is 0.449 e. The van der Waals surface area contributed by atoms with Crippen molar-refractivity contribution in [3.63, 3.8) is 0 Å². The molecule has 2 aromatic rings. The molecule has 2 rings (SSSR count). The number of rotatable bonds is 8. The van der Waals surface area contributed by atoms with E-state index in [9.17, 15) is 23.3 Å². The van der Waals surface area contributed by atoms with Crippen LogP contribution in [-0.2, 0) is 14.8 Å². The van der Waals surface area contributed by atoms with E-state index in [2.05, 4.69) is 10.0 Å². The van der Waals surface area contributed by atoms with E-state index in [1.54, 1.807) is 0 Å². The van der Waals surface area contributed by atoms with Gasteiger partial charge < -0.3 is 4.74 Å². The number of nitro benzene ring substituents is 1. The van der Waals surface area contributed by atoms with Gasteiger partial charge in [-0.25, -0.2) is 13.2 Å². The van der Waals surface area contributed by atoms with Crippen LogP contribution in [0.3, 0.4) is 0 Å². The Morgan fingerprint density at radius 3 is 2.48 bits per heavy atom. The number of non-ortho nitro benzene ring substituents is 1. The van der Waals surface area contributed by atoms with Crippen LogP contribution in [0.2, 0.25) is 0 Å². The third-order valence-electron chi connectivity index (χ3n) is 3.45. The number of carbonyl (C=O) groups excluding carboxylic acids is 1. The monoisotopic (exact) mass is 393 g/mol. The first-order valence-corrected chi connectivity index (χ1v) is 9.61. The summed E-state index contributed by atoms with van der Waals surface area (Å²) in [6, 6.07) is 10.6. The molecule has 0 fully saturated rings. The molecule has 0 spiro atoms. The molecule has 144 valence electrons. The second-order valence-corrected chi connectivity index (χ2v) is 7.23. The molecule has 2 aromatic carbocycles. The number of carbonyl (C=O) groups is 1. The van der Waals surface area contributed by atoms with Gasteiger partial charge in [-0.3, -0.25) is 20.2 Å². The van der Waals surface area contributed by atoms with Gasteiger partial charge in [0.2, 0.25) is 0 Å². The summed E-state index contributed by atoms with van der Waals surface area (Å²) in [5.74, 6) is 0. The van der Waals surface area contributed by atoms with E-state index in [1.807, 2.05) is 6.92 Å². The average molecular weight is 393 g/mol. The van der Waals surface area contributed by atoms with Crippen molar-refractivity contribution in [2.24, 2.45) is 0 Å². The Labute approximate surface area is 156 Å². The lowest BCUT2D eigenvalue weighted by molar-refractivity contribution is -0.384. The smallest absolute Gasteiger partial charge is 0.411 e. The van der Waals surface area contributed by atoms with Crippen LogP contribution in [0, 0.1) is 10.1 Å². The SMILES string of the molecule is CCCCOC(=O)Nc1ccc(S(=O)(=O)Nc2cccc([N+](=O)[O-])c2)cc1. The second-order valence-electron chi connectivity index (χ2n) is 5.55. The van der Waals surface area contributed by atoms with Crippen LogP contribution >= 0.6 is 0 Å². The summed E-state index contributed by atoms with van der Waals surface area (Å²) < 4.78 is 32.0. The third kappa shape index (κ3) is 5.96. The Morgan fingerprint density at radius 1 is 1.15 bits per heavy atom. The van der Waals surface area contributed by atoms with E-state index in [0.717, 1.165) is 18.9 Å². The van der Waals surface area contributed by atoms with Gasteiger partial charge in [-0.15, -0.1) is 0 Å². The van der Waals surface area contributed by atoms with Gasteiger partial charge in [0.25, 0.3) is 15.7 Å². The molecule has 0 saturated heterocycles. The number of amides is 1. The summed E-state index contributed by atoms with van der Waals surface area (Å²) in [5.41, 5.74) is 0.230. The number of sulfonamides is 1. The summed E-state index contributed by atoms with van der Waals surface area (Å²) in [6.45, 7) is 2.28. The standard InChI is InChI=1S/C17H19N3O6S/c1-2-3-11-26-17(21)18-13-7-9-16(10-8-13)27(24,25)19-14-5-4-6-15(12-14)20(22)23/h4-10,12,19H,2-3,11H2,1H3,(H,18,21).